The van der Waals surface area contributed by atoms with E-state index in [0.717, 1.165) is 36.8 Å². The van der Waals surface area contributed by atoms with Gasteiger partial charge in [0.2, 0.25) is 0 Å². The van der Waals surface area contributed by atoms with E-state index in [-0.39, 0.29) is 12.1 Å². The van der Waals surface area contributed by atoms with Crippen LogP contribution in [-0.4, -0.2) is 31.8 Å². The van der Waals surface area contributed by atoms with E-state index in [4.69, 9.17) is 17.3 Å². The van der Waals surface area contributed by atoms with Crippen LogP contribution < -0.4 is 11.1 Å². The topological polar surface area (TPSA) is 88.5 Å². The van der Waals surface area contributed by atoms with Gasteiger partial charge >= 0.3 is 0 Å². The predicted molar refractivity (Wildman–Crippen MR) is 99.6 cm³/mol. The fraction of sp³-hybridized carbons (Fsp3) is 0.412. The molecule has 1 aliphatic carbocycles. The molecule has 0 spiro atoms. The number of aliphatic hydroxyl groups is 1. The van der Waals surface area contributed by atoms with Gasteiger partial charge in [0.1, 0.15) is 15.0 Å². The molecule has 25 heavy (non-hydrogen) atoms. The van der Waals surface area contributed by atoms with Crippen LogP contribution in [-0.2, 0) is 0 Å². The first kappa shape index (κ1) is 16.9. The molecule has 1 aliphatic rings. The molecule has 0 radical (unpaired) electrons. The predicted octanol–water partition coefficient (Wildman–Crippen LogP) is 2.96. The maximum absolute atomic E-state index is 10.5. The van der Waals surface area contributed by atoms with Crippen molar-refractivity contribution in [2.75, 3.05) is 0 Å². The molecule has 0 bridgehead atoms. The standard InChI is InChI=1S/C17H20ClN5OS/c18-15-14(12-9-20-23-7-2-1-6-13(12)23)22-17(25-15)16(24)21-11-5-3-4-10(19)8-11/h1-2,6-7,9-11,16,21,24H,3-5,8,19H2. The Balaban J connectivity index is 1.57. The lowest BCUT2D eigenvalue weighted by atomic mass is 9.91. The minimum atomic E-state index is -0.839. The fourth-order valence-corrected chi connectivity index (χ4v) is 4.52. The van der Waals surface area contributed by atoms with Crippen molar-refractivity contribution in [3.63, 3.8) is 0 Å². The first-order valence-corrected chi connectivity index (χ1v) is 9.60. The Bertz CT molecular complexity index is 879. The van der Waals surface area contributed by atoms with Crippen molar-refractivity contribution in [2.24, 2.45) is 5.73 Å². The molecule has 3 aromatic heterocycles. The molecule has 132 valence electrons. The first-order chi connectivity index (χ1) is 12.1. The summed E-state index contributed by atoms with van der Waals surface area (Å²) >= 11 is 7.70. The van der Waals surface area contributed by atoms with E-state index in [1.54, 1.807) is 10.7 Å². The molecule has 1 fully saturated rings. The molecule has 4 rings (SSSR count). The van der Waals surface area contributed by atoms with Crippen molar-refractivity contribution >= 4 is 28.5 Å². The molecule has 0 amide bonds. The van der Waals surface area contributed by atoms with E-state index in [1.165, 1.54) is 11.3 Å². The van der Waals surface area contributed by atoms with E-state index in [0.29, 0.717) is 15.0 Å². The third kappa shape index (κ3) is 3.43. The van der Waals surface area contributed by atoms with Crippen LogP contribution in [0, 0.1) is 0 Å². The number of nitrogens with two attached hydrogens (primary N) is 1. The van der Waals surface area contributed by atoms with Crippen LogP contribution in [0.25, 0.3) is 16.8 Å². The number of nitrogens with one attached hydrogen (secondary N) is 1. The Morgan fingerprint density at radius 1 is 1.40 bits per heavy atom. The molecule has 3 aromatic rings. The average molecular weight is 378 g/mol. The minimum Gasteiger partial charge on any atom is -0.372 e. The first-order valence-electron chi connectivity index (χ1n) is 8.40. The number of nitrogens with zero attached hydrogens (tertiary/aromatic N) is 3. The van der Waals surface area contributed by atoms with Crippen LogP contribution in [0.3, 0.4) is 0 Å². The highest BCUT2D eigenvalue weighted by Crippen LogP contribution is 2.36. The second-order valence-corrected chi connectivity index (χ2v) is 8.09. The van der Waals surface area contributed by atoms with Gasteiger partial charge in [-0.25, -0.2) is 9.50 Å². The number of aromatic nitrogens is 3. The van der Waals surface area contributed by atoms with Crippen molar-refractivity contribution in [1.29, 1.82) is 0 Å². The summed E-state index contributed by atoms with van der Waals surface area (Å²) in [5, 5.41) is 18.6. The number of halogens is 1. The van der Waals surface area contributed by atoms with Gasteiger partial charge < -0.3 is 10.8 Å². The van der Waals surface area contributed by atoms with Crippen LogP contribution >= 0.6 is 22.9 Å². The zero-order chi connectivity index (χ0) is 17.4. The molecule has 3 heterocycles. The van der Waals surface area contributed by atoms with Gasteiger partial charge in [0.25, 0.3) is 0 Å². The zero-order valence-electron chi connectivity index (χ0n) is 13.6. The lowest BCUT2D eigenvalue weighted by molar-refractivity contribution is 0.111. The number of pyridine rings is 1. The smallest absolute Gasteiger partial charge is 0.158 e. The van der Waals surface area contributed by atoms with Gasteiger partial charge in [-0.05, 0) is 31.4 Å². The van der Waals surface area contributed by atoms with E-state index >= 15 is 0 Å². The van der Waals surface area contributed by atoms with Gasteiger partial charge in [-0.15, -0.1) is 11.3 Å². The number of aliphatic hydroxyl groups excluding tert-OH is 1. The number of hydrogen-bond acceptors (Lipinski definition) is 6. The van der Waals surface area contributed by atoms with E-state index < -0.39 is 6.23 Å². The highest BCUT2D eigenvalue weighted by molar-refractivity contribution is 7.16. The van der Waals surface area contributed by atoms with Crippen LogP contribution in [0.2, 0.25) is 4.34 Å². The second-order valence-electron chi connectivity index (χ2n) is 6.46. The number of rotatable bonds is 4. The largest absolute Gasteiger partial charge is 0.372 e. The third-order valence-corrected chi connectivity index (χ3v) is 5.93. The minimum absolute atomic E-state index is 0.202. The van der Waals surface area contributed by atoms with Gasteiger partial charge in [0.05, 0.1) is 11.7 Å². The molecular weight excluding hydrogens is 358 g/mol. The highest BCUT2D eigenvalue weighted by atomic mass is 35.5. The van der Waals surface area contributed by atoms with Gasteiger partial charge in [0, 0.05) is 23.8 Å². The number of hydrogen-bond donors (Lipinski definition) is 3. The summed E-state index contributed by atoms with van der Waals surface area (Å²) < 4.78 is 2.33. The second kappa shape index (κ2) is 7.01. The van der Waals surface area contributed by atoms with Gasteiger partial charge in [-0.3, -0.25) is 5.32 Å². The normalized spacial score (nSPS) is 22.4. The van der Waals surface area contributed by atoms with Crippen LogP contribution in [0.4, 0.5) is 0 Å². The summed E-state index contributed by atoms with van der Waals surface area (Å²) in [6.07, 6.45) is 6.81. The lowest BCUT2D eigenvalue weighted by Crippen LogP contribution is -2.41. The fourth-order valence-electron chi connectivity index (χ4n) is 3.39. The Kier molecular flexibility index (Phi) is 4.75. The summed E-state index contributed by atoms with van der Waals surface area (Å²) in [5.41, 5.74) is 8.47. The lowest BCUT2D eigenvalue weighted by Gasteiger charge is -2.28. The summed E-state index contributed by atoms with van der Waals surface area (Å²) in [4.78, 5) is 4.58. The number of thiazole rings is 1. The van der Waals surface area contributed by atoms with Crippen molar-refractivity contribution in [3.05, 3.63) is 39.9 Å². The van der Waals surface area contributed by atoms with Crippen LogP contribution in [0.15, 0.2) is 30.6 Å². The van der Waals surface area contributed by atoms with Crippen molar-refractivity contribution < 1.29 is 5.11 Å². The molecule has 1 saturated carbocycles. The van der Waals surface area contributed by atoms with Crippen LogP contribution in [0.1, 0.15) is 36.9 Å². The van der Waals surface area contributed by atoms with Gasteiger partial charge in [-0.2, -0.15) is 5.10 Å². The maximum Gasteiger partial charge on any atom is 0.158 e. The monoisotopic (exact) mass is 377 g/mol. The molecule has 8 heteroatoms. The van der Waals surface area contributed by atoms with Gasteiger partial charge in [-0.1, -0.05) is 24.1 Å². The molecule has 0 aliphatic heterocycles. The SMILES string of the molecule is NC1CCCC(NC(O)c2nc(-c3cnn4ccccc34)c(Cl)s2)C1. The Hall–Kier alpha value is -1.51. The van der Waals surface area contributed by atoms with Crippen molar-refractivity contribution in [3.8, 4) is 11.3 Å². The Morgan fingerprint density at radius 3 is 3.12 bits per heavy atom. The third-order valence-electron chi connectivity index (χ3n) is 4.63. The molecule has 3 unspecified atom stereocenters. The maximum atomic E-state index is 10.5. The van der Waals surface area contributed by atoms with Crippen LogP contribution in [0.5, 0.6) is 0 Å². The molecular formula is C17H20ClN5OS. The average Bonchev–Trinajstić information content (AvgIpc) is 3.18. The molecule has 3 atom stereocenters. The van der Waals surface area contributed by atoms with Crippen molar-refractivity contribution in [1.82, 2.24) is 19.9 Å². The number of fused-ring (bicyclic) bond motifs is 1. The van der Waals surface area contributed by atoms with E-state index in [1.807, 2.05) is 24.4 Å². The van der Waals surface area contributed by atoms with E-state index in [2.05, 4.69) is 15.4 Å². The Labute approximate surface area is 154 Å². The molecule has 0 aromatic carbocycles. The van der Waals surface area contributed by atoms with Crippen molar-refractivity contribution in [2.45, 2.75) is 44.0 Å². The summed E-state index contributed by atoms with van der Waals surface area (Å²) in [5.74, 6) is 0. The summed E-state index contributed by atoms with van der Waals surface area (Å²) in [6, 6.07) is 6.25. The molecule has 0 saturated heterocycles. The summed E-state index contributed by atoms with van der Waals surface area (Å²) in [6.45, 7) is 0. The highest BCUT2D eigenvalue weighted by Gasteiger charge is 2.24. The Morgan fingerprint density at radius 2 is 2.28 bits per heavy atom. The van der Waals surface area contributed by atoms with E-state index in [9.17, 15) is 5.11 Å². The molecule has 6 nitrogen and oxygen atoms in total. The van der Waals surface area contributed by atoms with Gasteiger partial charge in [0.15, 0.2) is 6.23 Å². The summed E-state index contributed by atoms with van der Waals surface area (Å²) in [7, 11) is 0. The quantitative estimate of drug-likeness (QED) is 0.608. The molecule has 4 N–H and O–H groups in total. The zero-order valence-corrected chi connectivity index (χ0v) is 15.2.